The average Bonchev–Trinajstić information content (AvgIpc) is 3.18. The van der Waals surface area contributed by atoms with Crippen molar-refractivity contribution in [3.8, 4) is 0 Å². The van der Waals surface area contributed by atoms with Gasteiger partial charge in [-0.15, -0.1) is 0 Å². The number of aromatic amines is 1. The lowest BCUT2D eigenvalue weighted by Gasteiger charge is -2.14. The molecule has 2 N–H and O–H groups in total. The minimum atomic E-state index is -0.426. The van der Waals surface area contributed by atoms with Crippen LogP contribution < -0.4 is 10.2 Å². The summed E-state index contributed by atoms with van der Waals surface area (Å²) in [6.45, 7) is 2.24. The van der Waals surface area contributed by atoms with Crippen LogP contribution in [0.1, 0.15) is 12.0 Å². The molecule has 1 atom stereocenters. The number of anilines is 2. The van der Waals surface area contributed by atoms with Crippen molar-refractivity contribution in [1.82, 2.24) is 15.2 Å². The summed E-state index contributed by atoms with van der Waals surface area (Å²) in [7, 11) is 0. The molecule has 0 aliphatic carbocycles. The highest BCUT2D eigenvalue weighted by Gasteiger charge is 2.37. The van der Waals surface area contributed by atoms with Crippen LogP contribution in [0.15, 0.2) is 42.6 Å². The number of nitrogens with one attached hydrogen (secondary N) is 2. The first-order valence-electron chi connectivity index (χ1n) is 8.09. The molecule has 0 unspecified atom stereocenters. The van der Waals surface area contributed by atoms with Gasteiger partial charge in [0.2, 0.25) is 11.8 Å². The molecule has 1 aliphatic rings. The lowest BCUT2D eigenvalue weighted by molar-refractivity contribution is -0.122. The van der Waals surface area contributed by atoms with Gasteiger partial charge in [-0.05, 0) is 36.8 Å². The number of fused-ring (bicyclic) bond motifs is 1. The summed E-state index contributed by atoms with van der Waals surface area (Å²) >= 11 is 0. The maximum absolute atomic E-state index is 12.5. The fraction of sp³-hybridized carbons (Fsp3) is 0.222. The number of rotatable bonds is 3. The Labute approximate surface area is 144 Å². The molecule has 126 valence electrons. The van der Waals surface area contributed by atoms with E-state index in [0.29, 0.717) is 18.2 Å². The molecule has 3 heterocycles. The smallest absolute Gasteiger partial charge is 0.230 e. The molecule has 0 radical (unpaired) electrons. The third-order valence-electron chi connectivity index (χ3n) is 4.37. The zero-order chi connectivity index (χ0) is 17.4. The monoisotopic (exact) mass is 335 g/mol. The molecule has 0 bridgehead atoms. The molecule has 3 aromatic rings. The Morgan fingerprint density at radius 3 is 3.00 bits per heavy atom. The largest absolute Gasteiger partial charge is 0.310 e. The van der Waals surface area contributed by atoms with Crippen LogP contribution in [0.4, 0.5) is 11.6 Å². The van der Waals surface area contributed by atoms with Crippen molar-refractivity contribution in [3.05, 3.63) is 48.2 Å². The van der Waals surface area contributed by atoms with E-state index >= 15 is 0 Å². The molecule has 4 rings (SSSR count). The fourth-order valence-electron chi connectivity index (χ4n) is 3.08. The SMILES string of the molecule is Cc1ccnc(NC(=O)[C@@H]2CC(=O)N(c3n[nH]c4ccccc34)C2)c1. The molecule has 2 amide bonds. The molecular formula is C18H17N5O2. The number of nitrogens with zero attached hydrogens (tertiary/aromatic N) is 3. The number of para-hydroxylation sites is 1. The van der Waals surface area contributed by atoms with Gasteiger partial charge in [0.05, 0.1) is 11.4 Å². The van der Waals surface area contributed by atoms with Gasteiger partial charge in [0.15, 0.2) is 5.82 Å². The first-order chi connectivity index (χ1) is 12.1. The number of carbonyl (C=O) groups excluding carboxylic acids is 2. The van der Waals surface area contributed by atoms with E-state index in [-0.39, 0.29) is 18.2 Å². The number of pyridine rings is 1. The van der Waals surface area contributed by atoms with E-state index in [4.69, 9.17) is 0 Å². The van der Waals surface area contributed by atoms with E-state index < -0.39 is 5.92 Å². The van der Waals surface area contributed by atoms with Crippen molar-refractivity contribution >= 4 is 34.4 Å². The Hall–Kier alpha value is -3.22. The van der Waals surface area contributed by atoms with Crippen LogP contribution in [-0.4, -0.2) is 33.5 Å². The van der Waals surface area contributed by atoms with Crippen molar-refractivity contribution in [2.75, 3.05) is 16.8 Å². The van der Waals surface area contributed by atoms with E-state index in [1.807, 2.05) is 37.3 Å². The summed E-state index contributed by atoms with van der Waals surface area (Å²) in [6, 6.07) is 11.3. The quantitative estimate of drug-likeness (QED) is 0.768. The zero-order valence-electron chi connectivity index (χ0n) is 13.7. The normalized spacial score (nSPS) is 17.2. The van der Waals surface area contributed by atoms with Gasteiger partial charge in [-0.3, -0.25) is 19.6 Å². The maximum Gasteiger partial charge on any atom is 0.230 e. The Kier molecular flexibility index (Phi) is 3.68. The number of amides is 2. The highest BCUT2D eigenvalue weighted by atomic mass is 16.2. The molecule has 25 heavy (non-hydrogen) atoms. The molecule has 1 fully saturated rings. The molecule has 1 saturated heterocycles. The number of aryl methyl sites for hydroxylation is 1. The number of aromatic nitrogens is 3. The zero-order valence-corrected chi connectivity index (χ0v) is 13.7. The predicted octanol–water partition coefficient (Wildman–Crippen LogP) is 2.26. The van der Waals surface area contributed by atoms with Gasteiger partial charge in [0.25, 0.3) is 0 Å². The summed E-state index contributed by atoms with van der Waals surface area (Å²) in [5.74, 6) is 0.347. The van der Waals surface area contributed by atoms with E-state index in [9.17, 15) is 9.59 Å². The van der Waals surface area contributed by atoms with Gasteiger partial charge in [0, 0.05) is 24.5 Å². The number of hydrogen-bond donors (Lipinski definition) is 2. The molecular weight excluding hydrogens is 318 g/mol. The maximum atomic E-state index is 12.5. The number of H-pyrrole nitrogens is 1. The fourth-order valence-corrected chi connectivity index (χ4v) is 3.08. The van der Waals surface area contributed by atoms with Crippen LogP contribution in [0.2, 0.25) is 0 Å². The number of carbonyl (C=O) groups is 2. The summed E-state index contributed by atoms with van der Waals surface area (Å²) in [4.78, 5) is 30.6. The molecule has 0 saturated carbocycles. The second-order valence-electron chi connectivity index (χ2n) is 6.21. The van der Waals surface area contributed by atoms with Crippen LogP contribution in [-0.2, 0) is 9.59 Å². The van der Waals surface area contributed by atoms with Gasteiger partial charge >= 0.3 is 0 Å². The van der Waals surface area contributed by atoms with Crippen LogP contribution in [0.3, 0.4) is 0 Å². The third kappa shape index (κ3) is 2.84. The van der Waals surface area contributed by atoms with Gasteiger partial charge in [-0.25, -0.2) is 4.98 Å². The van der Waals surface area contributed by atoms with Gasteiger partial charge < -0.3 is 5.32 Å². The van der Waals surface area contributed by atoms with Crippen LogP contribution in [0.5, 0.6) is 0 Å². The van der Waals surface area contributed by atoms with Crippen molar-refractivity contribution in [2.45, 2.75) is 13.3 Å². The first kappa shape index (κ1) is 15.3. The lowest BCUT2D eigenvalue weighted by Crippen LogP contribution is -2.28. The highest BCUT2D eigenvalue weighted by molar-refractivity contribution is 6.06. The summed E-state index contributed by atoms with van der Waals surface area (Å²) in [5, 5.41) is 10.8. The second-order valence-corrected chi connectivity index (χ2v) is 6.21. The molecule has 7 nitrogen and oxygen atoms in total. The Morgan fingerprint density at radius 1 is 1.32 bits per heavy atom. The number of benzene rings is 1. The molecule has 7 heteroatoms. The van der Waals surface area contributed by atoms with Gasteiger partial charge in [-0.2, -0.15) is 5.10 Å². The van der Waals surface area contributed by atoms with E-state index in [2.05, 4.69) is 20.5 Å². The molecule has 1 aromatic carbocycles. The summed E-state index contributed by atoms with van der Waals surface area (Å²) < 4.78 is 0. The van der Waals surface area contributed by atoms with Crippen molar-refractivity contribution in [3.63, 3.8) is 0 Å². The molecule has 2 aromatic heterocycles. The van der Waals surface area contributed by atoms with Crippen LogP contribution in [0.25, 0.3) is 10.9 Å². The van der Waals surface area contributed by atoms with Crippen LogP contribution >= 0.6 is 0 Å². The Morgan fingerprint density at radius 2 is 2.16 bits per heavy atom. The topological polar surface area (TPSA) is 91.0 Å². The van der Waals surface area contributed by atoms with Crippen molar-refractivity contribution in [1.29, 1.82) is 0 Å². The van der Waals surface area contributed by atoms with Crippen LogP contribution in [0, 0.1) is 12.8 Å². The van der Waals surface area contributed by atoms with Gasteiger partial charge in [-0.1, -0.05) is 12.1 Å². The Balaban J connectivity index is 1.53. The van der Waals surface area contributed by atoms with E-state index in [0.717, 1.165) is 16.5 Å². The van der Waals surface area contributed by atoms with Crippen molar-refractivity contribution in [2.24, 2.45) is 5.92 Å². The van der Waals surface area contributed by atoms with Crippen molar-refractivity contribution < 1.29 is 9.59 Å². The minimum absolute atomic E-state index is 0.102. The standard InChI is InChI=1S/C18H17N5O2/c1-11-6-7-19-15(8-11)20-18(25)12-9-16(24)23(10-12)17-13-4-2-3-5-14(13)21-22-17/h2-8,12H,9-10H2,1H3,(H,21,22)(H,19,20,25)/t12-/m1/s1. The first-order valence-corrected chi connectivity index (χ1v) is 8.09. The molecule has 1 aliphatic heterocycles. The van der Waals surface area contributed by atoms with Gasteiger partial charge in [0.1, 0.15) is 5.82 Å². The average molecular weight is 335 g/mol. The predicted molar refractivity (Wildman–Crippen MR) is 94.2 cm³/mol. The third-order valence-corrected chi connectivity index (χ3v) is 4.37. The molecule has 0 spiro atoms. The minimum Gasteiger partial charge on any atom is -0.310 e. The highest BCUT2D eigenvalue weighted by Crippen LogP contribution is 2.30. The Bertz CT molecular complexity index is 965. The van der Waals surface area contributed by atoms with E-state index in [1.165, 1.54) is 0 Å². The second kappa shape index (κ2) is 6.01. The number of hydrogen-bond acceptors (Lipinski definition) is 4. The summed E-state index contributed by atoms with van der Waals surface area (Å²) in [6.07, 6.45) is 1.81. The lowest BCUT2D eigenvalue weighted by atomic mass is 10.1. The summed E-state index contributed by atoms with van der Waals surface area (Å²) in [5.41, 5.74) is 1.87. The van der Waals surface area contributed by atoms with E-state index in [1.54, 1.807) is 17.2 Å².